The average molecular weight is 465 g/mol. The van der Waals surface area contributed by atoms with Crippen LogP contribution in [0.15, 0.2) is 73.8 Å². The molecular weight excluding hydrogens is 432 g/mol. The Balaban J connectivity index is 1.65. The molecule has 2 aromatic rings. The first-order valence-electron chi connectivity index (χ1n) is 11.3. The quantitative estimate of drug-likeness (QED) is 0.139. The van der Waals surface area contributed by atoms with Gasteiger partial charge in [0, 0.05) is 12.2 Å². The van der Waals surface area contributed by atoms with Crippen molar-refractivity contribution in [3.63, 3.8) is 0 Å². The Morgan fingerprint density at radius 1 is 0.588 bits per heavy atom. The van der Waals surface area contributed by atoms with E-state index >= 15 is 0 Å². The molecule has 6 heteroatoms. The minimum absolute atomic E-state index is 0.375. The molecule has 6 nitrogen and oxygen atoms in total. The van der Waals surface area contributed by atoms with Crippen molar-refractivity contribution in [2.24, 2.45) is 0 Å². The monoisotopic (exact) mass is 464 g/mol. The minimum atomic E-state index is -0.397. The maximum absolute atomic E-state index is 11.0. The van der Waals surface area contributed by atoms with Crippen molar-refractivity contribution in [2.45, 2.75) is 25.7 Å². The predicted octanol–water partition coefficient (Wildman–Crippen LogP) is 5.63. The number of unbranched alkanes of at least 4 members (excludes halogenated alkanes) is 2. The summed E-state index contributed by atoms with van der Waals surface area (Å²) < 4.78 is 21.3. The van der Waals surface area contributed by atoms with Crippen LogP contribution >= 0.6 is 0 Å². The summed E-state index contributed by atoms with van der Waals surface area (Å²) in [7, 11) is 0. The van der Waals surface area contributed by atoms with E-state index in [2.05, 4.69) is 13.2 Å². The van der Waals surface area contributed by atoms with E-state index < -0.39 is 11.9 Å². The van der Waals surface area contributed by atoms with Gasteiger partial charge in [0.05, 0.1) is 26.4 Å². The van der Waals surface area contributed by atoms with Crippen LogP contribution in [0.3, 0.4) is 0 Å². The largest absolute Gasteiger partial charge is 0.494 e. The molecule has 0 aliphatic heterocycles. The smallest absolute Gasteiger partial charge is 0.330 e. The van der Waals surface area contributed by atoms with Gasteiger partial charge in [-0.25, -0.2) is 9.59 Å². The second kappa shape index (κ2) is 15.9. The number of rotatable bonds is 16. The molecule has 0 N–H and O–H groups in total. The minimum Gasteiger partial charge on any atom is -0.494 e. The maximum Gasteiger partial charge on any atom is 0.330 e. The Morgan fingerprint density at radius 2 is 0.941 bits per heavy atom. The van der Waals surface area contributed by atoms with Gasteiger partial charge in [0.2, 0.25) is 0 Å². The lowest BCUT2D eigenvalue weighted by Gasteiger charge is -2.07. The second-order valence-corrected chi connectivity index (χ2v) is 7.33. The van der Waals surface area contributed by atoms with Crippen molar-refractivity contribution in [1.29, 1.82) is 0 Å². The number of carbonyl (C=O) groups is 2. The van der Waals surface area contributed by atoms with Gasteiger partial charge >= 0.3 is 11.9 Å². The molecular formula is C28H32O6. The Bertz CT molecular complexity index is 851. The molecule has 0 spiro atoms. The average Bonchev–Trinajstić information content (AvgIpc) is 2.87. The number of hydrogen-bond acceptors (Lipinski definition) is 6. The zero-order chi connectivity index (χ0) is 24.4. The van der Waals surface area contributed by atoms with Crippen molar-refractivity contribution < 1.29 is 28.5 Å². The molecule has 0 saturated carbocycles. The summed E-state index contributed by atoms with van der Waals surface area (Å²) in [5.41, 5.74) is 2.14. The molecule has 34 heavy (non-hydrogen) atoms. The van der Waals surface area contributed by atoms with Gasteiger partial charge in [0.25, 0.3) is 0 Å². The van der Waals surface area contributed by atoms with Gasteiger partial charge in [-0.3, -0.25) is 0 Å². The van der Waals surface area contributed by atoms with Gasteiger partial charge in [0.1, 0.15) is 11.5 Å². The highest BCUT2D eigenvalue weighted by molar-refractivity contribution is 5.81. The Morgan fingerprint density at radius 3 is 1.29 bits per heavy atom. The first-order chi connectivity index (χ1) is 16.6. The Kier molecular flexibility index (Phi) is 12.4. The van der Waals surface area contributed by atoms with Crippen LogP contribution in [0.4, 0.5) is 0 Å². The molecule has 0 heterocycles. The summed E-state index contributed by atoms with van der Waals surface area (Å²) in [6, 6.07) is 15.8. The zero-order valence-electron chi connectivity index (χ0n) is 19.4. The molecule has 0 amide bonds. The van der Waals surface area contributed by atoms with Gasteiger partial charge < -0.3 is 18.9 Å². The number of hydrogen-bond donors (Lipinski definition) is 0. The summed E-state index contributed by atoms with van der Waals surface area (Å²) >= 11 is 0. The normalized spacial score (nSPS) is 10.5. The third kappa shape index (κ3) is 11.2. The lowest BCUT2D eigenvalue weighted by molar-refractivity contribution is -0.138. The summed E-state index contributed by atoms with van der Waals surface area (Å²) in [5.74, 6) is 0.818. The number of esters is 2. The van der Waals surface area contributed by atoms with Crippen molar-refractivity contribution in [3.05, 3.63) is 85.0 Å². The summed E-state index contributed by atoms with van der Waals surface area (Å²) in [5, 5.41) is 0. The van der Waals surface area contributed by atoms with E-state index in [0.717, 1.165) is 60.5 Å². The first-order valence-corrected chi connectivity index (χ1v) is 11.3. The molecule has 0 unspecified atom stereocenters. The number of ether oxygens (including phenoxy) is 4. The maximum atomic E-state index is 11.0. The number of benzene rings is 2. The van der Waals surface area contributed by atoms with Crippen LogP contribution in [0.5, 0.6) is 11.5 Å². The van der Waals surface area contributed by atoms with Gasteiger partial charge in [-0.05, 0) is 61.1 Å². The van der Waals surface area contributed by atoms with Crippen LogP contribution in [0.25, 0.3) is 12.2 Å². The highest BCUT2D eigenvalue weighted by Crippen LogP contribution is 2.17. The molecule has 0 aliphatic carbocycles. The highest BCUT2D eigenvalue weighted by Gasteiger charge is 1.99. The topological polar surface area (TPSA) is 71.1 Å². The molecule has 0 saturated heterocycles. The van der Waals surface area contributed by atoms with Gasteiger partial charge in [-0.15, -0.1) is 0 Å². The van der Waals surface area contributed by atoms with E-state index in [1.54, 1.807) is 0 Å². The third-order valence-corrected chi connectivity index (χ3v) is 4.67. The molecule has 0 bridgehead atoms. The van der Waals surface area contributed by atoms with E-state index in [-0.39, 0.29) is 0 Å². The summed E-state index contributed by atoms with van der Waals surface area (Å²) in [6.07, 6.45) is 9.50. The molecule has 0 fully saturated rings. The van der Waals surface area contributed by atoms with Crippen LogP contribution in [0.1, 0.15) is 36.8 Å². The lowest BCUT2D eigenvalue weighted by Crippen LogP contribution is -2.04. The third-order valence-electron chi connectivity index (χ3n) is 4.67. The predicted molar refractivity (Wildman–Crippen MR) is 134 cm³/mol. The molecule has 2 aromatic carbocycles. The van der Waals surface area contributed by atoms with E-state index in [1.807, 2.05) is 60.7 Å². The van der Waals surface area contributed by atoms with E-state index in [0.29, 0.717) is 26.4 Å². The fourth-order valence-electron chi connectivity index (χ4n) is 2.79. The van der Waals surface area contributed by atoms with Crippen LogP contribution in [-0.2, 0) is 19.1 Å². The van der Waals surface area contributed by atoms with Gasteiger partial charge in [-0.1, -0.05) is 49.6 Å². The van der Waals surface area contributed by atoms with Crippen LogP contribution < -0.4 is 9.47 Å². The van der Waals surface area contributed by atoms with E-state index in [9.17, 15) is 9.59 Å². The van der Waals surface area contributed by atoms with Gasteiger partial charge in [-0.2, -0.15) is 0 Å². The highest BCUT2D eigenvalue weighted by atomic mass is 16.5. The fraction of sp³-hybridized carbons (Fsp3) is 0.286. The molecule has 2 rings (SSSR count). The Hall–Kier alpha value is -3.80. The van der Waals surface area contributed by atoms with Crippen molar-refractivity contribution >= 4 is 24.1 Å². The summed E-state index contributed by atoms with van der Waals surface area (Å²) in [6.45, 7) is 8.60. The standard InChI is InChI=1S/C28H32O6/c1-3-27(29)33-21-7-5-19-31-25-15-11-23(12-16-25)9-10-24-13-17-26(18-14-24)32-20-6-8-22-34-28(30)4-2/h3-4,9-18H,1-2,5-8,19-22H2/b10-9+. The molecule has 0 atom stereocenters. The first kappa shape index (κ1) is 26.5. The molecule has 180 valence electrons. The zero-order valence-corrected chi connectivity index (χ0v) is 19.4. The number of carbonyl (C=O) groups excluding carboxylic acids is 2. The lowest BCUT2D eigenvalue weighted by atomic mass is 10.1. The molecule has 0 aliphatic rings. The van der Waals surface area contributed by atoms with Crippen LogP contribution in [0, 0.1) is 0 Å². The van der Waals surface area contributed by atoms with E-state index in [4.69, 9.17) is 18.9 Å². The fourth-order valence-corrected chi connectivity index (χ4v) is 2.79. The van der Waals surface area contributed by atoms with E-state index in [1.165, 1.54) is 0 Å². The molecule has 0 aromatic heterocycles. The van der Waals surface area contributed by atoms with Crippen molar-refractivity contribution in [2.75, 3.05) is 26.4 Å². The second-order valence-electron chi connectivity index (χ2n) is 7.33. The van der Waals surface area contributed by atoms with Crippen LogP contribution in [0.2, 0.25) is 0 Å². The SMILES string of the molecule is C=CC(=O)OCCCCOc1ccc(/C=C/c2ccc(OCCCCOC(=O)C=C)cc2)cc1. The van der Waals surface area contributed by atoms with Crippen molar-refractivity contribution in [1.82, 2.24) is 0 Å². The van der Waals surface area contributed by atoms with Crippen LogP contribution in [-0.4, -0.2) is 38.4 Å². The summed E-state index contributed by atoms with van der Waals surface area (Å²) in [4.78, 5) is 21.9. The van der Waals surface area contributed by atoms with Crippen molar-refractivity contribution in [3.8, 4) is 11.5 Å². The Labute approximate surface area is 201 Å². The van der Waals surface area contributed by atoms with Gasteiger partial charge in [0.15, 0.2) is 0 Å². The molecule has 0 radical (unpaired) electrons.